The molecule has 0 radical (unpaired) electrons. The highest BCUT2D eigenvalue weighted by molar-refractivity contribution is 8.00. The molecule has 0 amide bonds. The maximum atomic E-state index is 12.8. The van der Waals surface area contributed by atoms with Crippen molar-refractivity contribution in [3.8, 4) is 22.3 Å². The Morgan fingerprint density at radius 1 is 0.917 bits per heavy atom. The van der Waals surface area contributed by atoms with Crippen LogP contribution in [-0.2, 0) is 4.74 Å². The molecule has 0 unspecified atom stereocenters. The van der Waals surface area contributed by atoms with E-state index in [1.165, 1.54) is 24.1 Å². The Bertz CT molecular complexity index is 1340. The molecule has 182 valence electrons. The average molecular weight is 539 g/mol. The van der Waals surface area contributed by atoms with E-state index in [0.717, 1.165) is 22.3 Å². The number of nitro groups is 1. The Morgan fingerprint density at radius 3 is 1.97 bits per heavy atom. The number of benzene rings is 4. The summed E-state index contributed by atoms with van der Waals surface area (Å²) in [7, 11) is 0. The van der Waals surface area contributed by atoms with Gasteiger partial charge in [-0.25, -0.2) is 4.79 Å². The molecule has 0 bridgehead atoms. The summed E-state index contributed by atoms with van der Waals surface area (Å²) in [5.74, 6) is -0.444. The van der Waals surface area contributed by atoms with E-state index in [4.69, 9.17) is 27.9 Å². The second-order valence-electron chi connectivity index (χ2n) is 7.64. The van der Waals surface area contributed by atoms with E-state index in [0.29, 0.717) is 26.2 Å². The maximum Gasteiger partial charge on any atom is 0.338 e. The molecule has 0 aliphatic carbocycles. The van der Waals surface area contributed by atoms with Crippen LogP contribution in [0.15, 0.2) is 89.8 Å². The van der Waals surface area contributed by atoms with Crippen molar-refractivity contribution in [3.63, 3.8) is 0 Å². The molecular weight excluding hydrogens is 519 g/mol. The fourth-order valence-electron chi connectivity index (χ4n) is 3.57. The van der Waals surface area contributed by atoms with Crippen molar-refractivity contribution in [1.29, 1.82) is 0 Å². The van der Waals surface area contributed by atoms with E-state index < -0.39 is 10.9 Å². The molecular formula is C27H20Cl2N2O4S. The summed E-state index contributed by atoms with van der Waals surface area (Å²) in [5, 5.41) is 12.4. The molecule has 0 aliphatic rings. The lowest BCUT2D eigenvalue weighted by Crippen LogP contribution is -2.06. The summed E-state index contributed by atoms with van der Waals surface area (Å²) in [4.78, 5) is 24.2. The minimum Gasteiger partial charge on any atom is -0.462 e. The molecule has 0 saturated carbocycles. The highest BCUT2D eigenvalue weighted by Gasteiger charge is 2.19. The van der Waals surface area contributed by atoms with Crippen LogP contribution in [0.25, 0.3) is 22.3 Å². The highest BCUT2D eigenvalue weighted by atomic mass is 35.5. The SMILES string of the molecule is CCOC(=O)c1cc(-c2ccc(Cl)cc2)c(NSc2cccc([N+](=O)[O-])c2)c(-c2ccc(Cl)cc2)c1. The molecule has 0 aliphatic heterocycles. The number of hydrogen-bond acceptors (Lipinski definition) is 6. The highest BCUT2D eigenvalue weighted by Crippen LogP contribution is 2.41. The lowest BCUT2D eigenvalue weighted by molar-refractivity contribution is -0.385. The third-order valence-corrected chi connectivity index (χ3v) is 6.56. The Labute approximate surface area is 222 Å². The van der Waals surface area contributed by atoms with E-state index in [9.17, 15) is 14.9 Å². The normalized spacial score (nSPS) is 10.6. The molecule has 36 heavy (non-hydrogen) atoms. The van der Waals surface area contributed by atoms with Crippen molar-refractivity contribution >= 4 is 52.5 Å². The van der Waals surface area contributed by atoms with Gasteiger partial charge in [0.2, 0.25) is 0 Å². The van der Waals surface area contributed by atoms with Crippen LogP contribution in [0, 0.1) is 10.1 Å². The number of carbonyl (C=O) groups excluding carboxylic acids is 1. The number of halogens is 2. The van der Waals surface area contributed by atoms with Crippen molar-refractivity contribution in [2.75, 3.05) is 11.3 Å². The van der Waals surface area contributed by atoms with E-state index in [2.05, 4.69) is 4.72 Å². The van der Waals surface area contributed by atoms with Crippen molar-refractivity contribution in [2.24, 2.45) is 0 Å². The zero-order chi connectivity index (χ0) is 25.7. The molecule has 9 heteroatoms. The lowest BCUT2D eigenvalue weighted by atomic mass is 9.93. The lowest BCUT2D eigenvalue weighted by Gasteiger charge is -2.19. The summed E-state index contributed by atoms with van der Waals surface area (Å²) in [5.41, 5.74) is 4.21. The van der Waals surface area contributed by atoms with E-state index in [1.807, 2.05) is 24.3 Å². The van der Waals surface area contributed by atoms with Crippen LogP contribution in [0.3, 0.4) is 0 Å². The van der Waals surface area contributed by atoms with Crippen molar-refractivity contribution in [1.82, 2.24) is 0 Å². The summed E-state index contributed by atoms with van der Waals surface area (Å²) in [6, 6.07) is 24.4. The van der Waals surface area contributed by atoms with Gasteiger partial charge in [-0.05, 0) is 72.5 Å². The van der Waals surface area contributed by atoms with Crippen LogP contribution >= 0.6 is 35.1 Å². The Kier molecular flexibility index (Phi) is 8.15. The summed E-state index contributed by atoms with van der Waals surface area (Å²) in [6.45, 7) is 2.00. The average Bonchev–Trinajstić information content (AvgIpc) is 2.88. The van der Waals surface area contributed by atoms with Gasteiger partial charge in [-0.3, -0.25) is 10.1 Å². The molecule has 0 aromatic heterocycles. The maximum absolute atomic E-state index is 12.8. The second-order valence-corrected chi connectivity index (χ2v) is 9.39. The van der Waals surface area contributed by atoms with E-state index in [-0.39, 0.29) is 12.3 Å². The van der Waals surface area contributed by atoms with Gasteiger partial charge in [-0.15, -0.1) is 0 Å². The molecule has 1 N–H and O–H groups in total. The molecule has 6 nitrogen and oxygen atoms in total. The Morgan fingerprint density at radius 2 is 1.47 bits per heavy atom. The number of hydrogen-bond donors (Lipinski definition) is 1. The van der Waals surface area contributed by atoms with Crippen molar-refractivity contribution in [2.45, 2.75) is 11.8 Å². The topological polar surface area (TPSA) is 81.5 Å². The molecule has 0 atom stereocenters. The first-order valence-electron chi connectivity index (χ1n) is 10.9. The van der Waals surface area contributed by atoms with E-state index >= 15 is 0 Å². The number of nitro benzene ring substituents is 1. The van der Waals surface area contributed by atoms with Gasteiger partial charge < -0.3 is 9.46 Å². The van der Waals surface area contributed by atoms with Crippen LogP contribution in [0.2, 0.25) is 10.0 Å². The standard InChI is InChI=1S/C27H20Cl2N2O4S/c1-2-35-27(32)19-14-24(17-6-10-20(28)11-7-17)26(25(15-19)18-8-12-21(29)13-9-18)30-36-23-5-3-4-22(16-23)31(33)34/h3-16,30H,2H2,1H3. The minimum atomic E-state index is -0.444. The molecule has 4 aromatic rings. The summed E-state index contributed by atoms with van der Waals surface area (Å²) in [6.07, 6.45) is 0. The number of non-ortho nitro benzene ring substituents is 1. The van der Waals surface area contributed by atoms with Gasteiger partial charge in [0, 0.05) is 38.2 Å². The zero-order valence-corrected chi connectivity index (χ0v) is 21.4. The monoisotopic (exact) mass is 538 g/mol. The van der Waals surface area contributed by atoms with Crippen LogP contribution in [-0.4, -0.2) is 17.5 Å². The number of nitrogens with one attached hydrogen (secondary N) is 1. The number of carbonyl (C=O) groups is 1. The first-order chi connectivity index (χ1) is 17.4. The predicted molar refractivity (Wildman–Crippen MR) is 146 cm³/mol. The number of nitrogens with zero attached hydrogens (tertiary/aromatic N) is 1. The molecule has 0 saturated heterocycles. The zero-order valence-electron chi connectivity index (χ0n) is 19.0. The Hall–Kier alpha value is -3.52. The fourth-order valence-corrected chi connectivity index (χ4v) is 4.59. The van der Waals surface area contributed by atoms with Crippen LogP contribution in [0.1, 0.15) is 17.3 Å². The summed E-state index contributed by atoms with van der Waals surface area (Å²) >= 11 is 13.5. The van der Waals surface area contributed by atoms with Gasteiger partial charge >= 0.3 is 5.97 Å². The van der Waals surface area contributed by atoms with E-state index in [1.54, 1.807) is 55.5 Å². The van der Waals surface area contributed by atoms with Crippen LogP contribution < -0.4 is 4.72 Å². The largest absolute Gasteiger partial charge is 0.462 e. The van der Waals surface area contributed by atoms with Crippen molar-refractivity contribution in [3.05, 3.63) is 111 Å². The van der Waals surface area contributed by atoms with Gasteiger partial charge in [-0.2, -0.15) is 0 Å². The number of esters is 1. The smallest absolute Gasteiger partial charge is 0.338 e. The Balaban J connectivity index is 1.88. The van der Waals surface area contributed by atoms with Crippen molar-refractivity contribution < 1.29 is 14.5 Å². The van der Waals surface area contributed by atoms with Crippen LogP contribution in [0.5, 0.6) is 0 Å². The fraction of sp³-hybridized carbons (Fsp3) is 0.0741. The molecule has 0 heterocycles. The predicted octanol–water partition coefficient (Wildman–Crippen LogP) is 8.53. The van der Waals surface area contributed by atoms with Gasteiger partial charge in [0.15, 0.2) is 0 Å². The summed E-state index contributed by atoms with van der Waals surface area (Å²) < 4.78 is 8.65. The quantitative estimate of drug-likeness (QED) is 0.105. The van der Waals surface area contributed by atoms with Crippen LogP contribution in [0.4, 0.5) is 11.4 Å². The first kappa shape index (κ1) is 25.6. The minimum absolute atomic E-state index is 0.00434. The van der Waals surface area contributed by atoms with Gasteiger partial charge in [0.05, 0.1) is 22.8 Å². The molecule has 4 rings (SSSR count). The second kappa shape index (κ2) is 11.5. The van der Waals surface area contributed by atoms with Gasteiger partial charge in [-0.1, -0.05) is 53.5 Å². The molecule has 4 aromatic carbocycles. The third-order valence-electron chi connectivity index (χ3n) is 5.26. The molecule has 0 spiro atoms. The van der Waals surface area contributed by atoms with Gasteiger partial charge in [0.1, 0.15) is 0 Å². The third kappa shape index (κ3) is 5.99. The number of anilines is 1. The number of rotatable bonds is 8. The number of ether oxygens (including phenoxy) is 1. The van der Waals surface area contributed by atoms with Gasteiger partial charge in [0.25, 0.3) is 5.69 Å². The molecule has 0 fully saturated rings. The first-order valence-corrected chi connectivity index (χ1v) is 12.5.